The van der Waals surface area contributed by atoms with E-state index in [4.69, 9.17) is 22.1 Å². The van der Waals surface area contributed by atoms with Crippen molar-refractivity contribution in [2.45, 2.75) is 0 Å². The van der Waals surface area contributed by atoms with E-state index in [1.807, 2.05) is 0 Å². The lowest BCUT2D eigenvalue weighted by Gasteiger charge is -2.10. The lowest BCUT2D eigenvalue weighted by molar-refractivity contribution is 0.417. The molecule has 1 aromatic heterocycles. The van der Waals surface area contributed by atoms with E-state index in [2.05, 4.69) is 10.4 Å². The third-order valence-electron chi connectivity index (χ3n) is 2.27. The van der Waals surface area contributed by atoms with Crippen molar-refractivity contribution in [3.63, 3.8) is 0 Å². The molecular weight excluding hydrogens is 240 g/mol. The molecule has 0 saturated heterocycles. The summed E-state index contributed by atoms with van der Waals surface area (Å²) in [5.74, 6) is 1.26. The lowest BCUT2D eigenvalue weighted by atomic mass is 10.3. The highest BCUT2D eigenvalue weighted by molar-refractivity contribution is 6.31. The van der Waals surface area contributed by atoms with Gasteiger partial charge >= 0.3 is 0 Å². The Morgan fingerprint density at radius 2 is 2.24 bits per heavy atom. The van der Waals surface area contributed by atoms with Gasteiger partial charge in [0.2, 0.25) is 0 Å². The van der Waals surface area contributed by atoms with E-state index in [0.29, 0.717) is 22.3 Å². The van der Waals surface area contributed by atoms with Gasteiger partial charge in [0, 0.05) is 18.3 Å². The summed E-state index contributed by atoms with van der Waals surface area (Å²) >= 11 is 5.93. The molecule has 0 spiro atoms. The standard InChI is InChI=1S/C11H13ClN4O/c1-16-6-8(13)11(15-16)14-9-5-7(12)3-4-10(9)17-2/h3-6H,13H2,1-2H3,(H,14,15). The van der Waals surface area contributed by atoms with Crippen molar-refractivity contribution in [1.82, 2.24) is 9.78 Å². The minimum absolute atomic E-state index is 0.564. The Kier molecular flexibility index (Phi) is 3.10. The lowest BCUT2D eigenvalue weighted by Crippen LogP contribution is -1.98. The fourth-order valence-electron chi connectivity index (χ4n) is 1.51. The van der Waals surface area contributed by atoms with E-state index in [1.165, 1.54) is 0 Å². The maximum absolute atomic E-state index is 5.93. The smallest absolute Gasteiger partial charge is 0.175 e. The second-order valence-corrected chi connectivity index (χ2v) is 4.01. The van der Waals surface area contributed by atoms with Crippen LogP contribution in [0.1, 0.15) is 0 Å². The van der Waals surface area contributed by atoms with Gasteiger partial charge in [0.25, 0.3) is 0 Å². The Balaban J connectivity index is 2.35. The van der Waals surface area contributed by atoms with Gasteiger partial charge in [0.1, 0.15) is 5.75 Å². The molecular formula is C11H13ClN4O. The highest BCUT2D eigenvalue weighted by Gasteiger charge is 2.08. The molecule has 3 N–H and O–H groups in total. The minimum Gasteiger partial charge on any atom is -0.495 e. The molecule has 6 heteroatoms. The fourth-order valence-corrected chi connectivity index (χ4v) is 1.68. The quantitative estimate of drug-likeness (QED) is 0.881. The van der Waals surface area contributed by atoms with Crippen molar-refractivity contribution in [2.24, 2.45) is 7.05 Å². The zero-order valence-electron chi connectivity index (χ0n) is 9.57. The largest absolute Gasteiger partial charge is 0.495 e. The van der Waals surface area contributed by atoms with Crippen molar-refractivity contribution in [3.8, 4) is 5.75 Å². The van der Waals surface area contributed by atoms with E-state index in [1.54, 1.807) is 43.2 Å². The van der Waals surface area contributed by atoms with Crippen LogP contribution in [0.3, 0.4) is 0 Å². The number of nitrogen functional groups attached to an aromatic ring is 1. The minimum atomic E-state index is 0.564. The number of nitrogens with zero attached hydrogens (tertiary/aromatic N) is 2. The predicted octanol–water partition coefficient (Wildman–Crippen LogP) is 2.41. The monoisotopic (exact) mass is 252 g/mol. The molecule has 17 heavy (non-hydrogen) atoms. The summed E-state index contributed by atoms with van der Waals surface area (Å²) < 4.78 is 6.86. The van der Waals surface area contributed by atoms with Crippen LogP contribution in [0.25, 0.3) is 0 Å². The van der Waals surface area contributed by atoms with E-state index in [-0.39, 0.29) is 0 Å². The average molecular weight is 253 g/mol. The first kappa shape index (κ1) is 11.6. The van der Waals surface area contributed by atoms with E-state index in [0.717, 1.165) is 5.69 Å². The Hall–Kier alpha value is -1.88. The Bertz CT molecular complexity index is 538. The Labute approximate surface area is 104 Å². The SMILES string of the molecule is COc1ccc(Cl)cc1Nc1nn(C)cc1N. The normalized spacial score (nSPS) is 10.3. The second-order valence-electron chi connectivity index (χ2n) is 3.58. The van der Waals surface area contributed by atoms with Gasteiger partial charge in [-0.25, -0.2) is 0 Å². The van der Waals surface area contributed by atoms with Gasteiger partial charge in [-0.1, -0.05) is 11.6 Å². The number of hydrogen-bond donors (Lipinski definition) is 2. The molecule has 0 aliphatic carbocycles. The highest BCUT2D eigenvalue weighted by atomic mass is 35.5. The molecule has 1 heterocycles. The van der Waals surface area contributed by atoms with Crippen LogP contribution in [0.2, 0.25) is 5.02 Å². The summed E-state index contributed by atoms with van der Waals surface area (Å²) in [4.78, 5) is 0. The van der Waals surface area contributed by atoms with Gasteiger partial charge in [-0.05, 0) is 18.2 Å². The van der Waals surface area contributed by atoms with Gasteiger partial charge in [0.05, 0.1) is 18.5 Å². The number of aryl methyl sites for hydroxylation is 1. The molecule has 2 aromatic rings. The molecule has 90 valence electrons. The molecule has 0 amide bonds. The molecule has 0 aliphatic heterocycles. The third-order valence-corrected chi connectivity index (χ3v) is 2.51. The molecule has 0 saturated carbocycles. The summed E-state index contributed by atoms with van der Waals surface area (Å²) in [6.45, 7) is 0. The number of methoxy groups -OCH3 is 1. The zero-order valence-corrected chi connectivity index (χ0v) is 10.3. The maximum Gasteiger partial charge on any atom is 0.175 e. The summed E-state index contributed by atoms with van der Waals surface area (Å²) in [6, 6.07) is 5.30. The van der Waals surface area contributed by atoms with Crippen LogP contribution in [0, 0.1) is 0 Å². The van der Waals surface area contributed by atoms with Crippen LogP contribution in [0.5, 0.6) is 5.75 Å². The van der Waals surface area contributed by atoms with Crippen molar-refractivity contribution in [2.75, 3.05) is 18.2 Å². The van der Waals surface area contributed by atoms with E-state index in [9.17, 15) is 0 Å². The van der Waals surface area contributed by atoms with E-state index >= 15 is 0 Å². The number of nitrogens with two attached hydrogens (primary N) is 1. The molecule has 0 bridgehead atoms. The number of ether oxygens (including phenoxy) is 1. The molecule has 0 aliphatic rings. The van der Waals surface area contributed by atoms with Crippen LogP contribution in [0.4, 0.5) is 17.2 Å². The first-order valence-corrected chi connectivity index (χ1v) is 5.37. The van der Waals surface area contributed by atoms with Gasteiger partial charge < -0.3 is 15.8 Å². The number of hydrogen-bond acceptors (Lipinski definition) is 4. The summed E-state index contributed by atoms with van der Waals surface area (Å²) in [6.07, 6.45) is 1.72. The Morgan fingerprint density at radius 3 is 2.82 bits per heavy atom. The number of benzene rings is 1. The van der Waals surface area contributed by atoms with Gasteiger partial charge in [-0.15, -0.1) is 0 Å². The van der Waals surface area contributed by atoms with Crippen LogP contribution in [-0.4, -0.2) is 16.9 Å². The van der Waals surface area contributed by atoms with Crippen molar-refractivity contribution < 1.29 is 4.74 Å². The number of anilines is 3. The number of halogens is 1. The molecule has 1 aromatic carbocycles. The van der Waals surface area contributed by atoms with Crippen LogP contribution in [-0.2, 0) is 7.05 Å². The molecule has 0 unspecified atom stereocenters. The van der Waals surface area contributed by atoms with Crippen molar-refractivity contribution in [1.29, 1.82) is 0 Å². The fraction of sp³-hybridized carbons (Fsp3) is 0.182. The van der Waals surface area contributed by atoms with Gasteiger partial charge in [-0.2, -0.15) is 5.10 Å². The molecule has 0 radical (unpaired) electrons. The van der Waals surface area contributed by atoms with Gasteiger partial charge in [-0.3, -0.25) is 4.68 Å². The van der Waals surface area contributed by atoms with E-state index < -0.39 is 0 Å². The van der Waals surface area contributed by atoms with Crippen molar-refractivity contribution >= 4 is 28.8 Å². The highest BCUT2D eigenvalue weighted by Crippen LogP contribution is 2.31. The predicted molar refractivity (Wildman–Crippen MR) is 68.9 cm³/mol. The topological polar surface area (TPSA) is 65.1 Å². The van der Waals surface area contributed by atoms with Crippen molar-refractivity contribution in [3.05, 3.63) is 29.4 Å². The summed E-state index contributed by atoms with van der Waals surface area (Å²) in [5, 5.41) is 7.89. The first-order valence-electron chi connectivity index (χ1n) is 5.00. The summed E-state index contributed by atoms with van der Waals surface area (Å²) in [5.41, 5.74) is 7.09. The first-order chi connectivity index (χ1) is 8.10. The van der Waals surface area contributed by atoms with Crippen LogP contribution in [0.15, 0.2) is 24.4 Å². The van der Waals surface area contributed by atoms with Gasteiger partial charge in [0.15, 0.2) is 5.82 Å². The second kappa shape index (κ2) is 4.55. The average Bonchev–Trinajstić information content (AvgIpc) is 2.58. The third kappa shape index (κ3) is 2.45. The van der Waals surface area contributed by atoms with Crippen LogP contribution < -0.4 is 15.8 Å². The zero-order chi connectivity index (χ0) is 12.4. The summed E-state index contributed by atoms with van der Waals surface area (Å²) in [7, 11) is 3.40. The molecule has 0 atom stereocenters. The Morgan fingerprint density at radius 1 is 1.47 bits per heavy atom. The van der Waals surface area contributed by atoms with Crippen LogP contribution >= 0.6 is 11.6 Å². The number of rotatable bonds is 3. The molecule has 5 nitrogen and oxygen atoms in total. The molecule has 2 rings (SSSR count). The number of nitrogens with one attached hydrogen (secondary N) is 1. The molecule has 0 fully saturated rings. The maximum atomic E-state index is 5.93. The number of aromatic nitrogens is 2.